The minimum atomic E-state index is 0.763. The summed E-state index contributed by atoms with van der Waals surface area (Å²) in [7, 11) is 3.73. The van der Waals surface area contributed by atoms with Crippen LogP contribution in [0.15, 0.2) is 41.0 Å². The molecule has 0 radical (unpaired) electrons. The summed E-state index contributed by atoms with van der Waals surface area (Å²) in [5, 5.41) is 0. The summed E-state index contributed by atoms with van der Waals surface area (Å²) in [6.07, 6.45) is 1.80. The Morgan fingerprint density at radius 2 is 2.05 bits per heavy atom. The Hall–Kier alpha value is -1.55. The Kier molecular flexibility index (Phi) is 4.43. The Bertz CT molecular complexity index is 555. The first-order valence-corrected chi connectivity index (χ1v) is 6.85. The molecular weight excluding hydrogens is 304 g/mol. The number of benzene rings is 1. The predicted octanol–water partition coefficient (Wildman–Crippen LogP) is 3.80. The van der Waals surface area contributed by atoms with E-state index in [9.17, 15) is 0 Å². The Morgan fingerprint density at radius 3 is 2.68 bits per heavy atom. The summed E-state index contributed by atoms with van der Waals surface area (Å²) in [6, 6.07) is 10.2. The number of aryl methyl sites for hydroxylation is 1. The monoisotopic (exact) mass is 320 g/mol. The highest BCUT2D eigenvalue weighted by Gasteiger charge is 2.08. The highest BCUT2D eigenvalue weighted by molar-refractivity contribution is 9.10. The molecule has 100 valence electrons. The van der Waals surface area contributed by atoms with Crippen LogP contribution in [-0.2, 0) is 6.54 Å². The van der Waals surface area contributed by atoms with Crippen molar-refractivity contribution in [1.29, 1.82) is 0 Å². The second-order valence-corrected chi connectivity index (χ2v) is 5.42. The summed E-state index contributed by atoms with van der Waals surface area (Å²) >= 11 is 3.39. The molecule has 2 aromatic rings. The Morgan fingerprint density at radius 1 is 1.26 bits per heavy atom. The smallest absolute Gasteiger partial charge is 0.128 e. The van der Waals surface area contributed by atoms with Crippen molar-refractivity contribution in [2.45, 2.75) is 13.5 Å². The normalized spacial score (nSPS) is 10.3. The lowest BCUT2D eigenvalue weighted by molar-refractivity contribution is 0.409. The number of hydrogen-bond donors (Lipinski definition) is 0. The summed E-state index contributed by atoms with van der Waals surface area (Å²) < 4.78 is 6.39. The van der Waals surface area contributed by atoms with Gasteiger partial charge in [-0.2, -0.15) is 0 Å². The predicted molar refractivity (Wildman–Crippen MR) is 81.8 cm³/mol. The molecule has 0 amide bonds. The molecule has 1 aromatic heterocycles. The third kappa shape index (κ3) is 3.47. The maximum absolute atomic E-state index is 5.40. The average Bonchev–Trinajstić information content (AvgIpc) is 2.39. The molecule has 1 aromatic carbocycles. The number of anilines is 1. The van der Waals surface area contributed by atoms with Crippen molar-refractivity contribution in [2.75, 3.05) is 19.1 Å². The van der Waals surface area contributed by atoms with Gasteiger partial charge >= 0.3 is 0 Å². The van der Waals surface area contributed by atoms with Gasteiger partial charge in [-0.15, -0.1) is 0 Å². The van der Waals surface area contributed by atoms with E-state index in [1.54, 1.807) is 13.3 Å². The van der Waals surface area contributed by atoms with E-state index in [0.29, 0.717) is 0 Å². The molecule has 0 aliphatic heterocycles. The van der Waals surface area contributed by atoms with E-state index in [2.05, 4.69) is 44.9 Å². The fraction of sp³-hybridized carbons (Fsp3) is 0.267. The molecule has 0 aliphatic rings. The largest absolute Gasteiger partial charge is 0.496 e. The quantitative estimate of drug-likeness (QED) is 0.856. The van der Waals surface area contributed by atoms with Crippen LogP contribution in [0, 0.1) is 6.92 Å². The molecule has 1 heterocycles. The number of halogens is 1. The number of methoxy groups -OCH3 is 1. The van der Waals surface area contributed by atoms with Crippen LogP contribution in [0.4, 0.5) is 5.82 Å². The number of rotatable bonds is 4. The van der Waals surface area contributed by atoms with Gasteiger partial charge in [0.05, 0.1) is 7.11 Å². The van der Waals surface area contributed by atoms with Gasteiger partial charge in [0.1, 0.15) is 11.6 Å². The standard InChI is InChI=1S/C15H17BrN2O/c1-11-4-6-14(19-3)12(8-11)10-18(2)15-7-5-13(16)9-17-15/h4-9H,10H2,1-3H3. The molecule has 2 rings (SSSR count). The summed E-state index contributed by atoms with van der Waals surface area (Å²) in [6.45, 7) is 2.85. The molecule has 0 unspecified atom stereocenters. The molecule has 0 saturated heterocycles. The van der Waals surface area contributed by atoms with E-state index in [1.807, 2.05) is 25.2 Å². The van der Waals surface area contributed by atoms with Gasteiger partial charge in [-0.1, -0.05) is 17.7 Å². The third-order valence-electron chi connectivity index (χ3n) is 2.95. The van der Waals surface area contributed by atoms with Crippen LogP contribution in [0.5, 0.6) is 5.75 Å². The van der Waals surface area contributed by atoms with Gasteiger partial charge < -0.3 is 9.64 Å². The fourth-order valence-electron chi connectivity index (χ4n) is 1.96. The van der Waals surface area contributed by atoms with Crippen LogP contribution in [0.1, 0.15) is 11.1 Å². The highest BCUT2D eigenvalue weighted by Crippen LogP contribution is 2.23. The first kappa shape index (κ1) is 13.9. The lowest BCUT2D eigenvalue weighted by Gasteiger charge is -2.20. The number of aromatic nitrogens is 1. The highest BCUT2D eigenvalue weighted by atomic mass is 79.9. The van der Waals surface area contributed by atoms with Gasteiger partial charge in [0.15, 0.2) is 0 Å². The number of hydrogen-bond acceptors (Lipinski definition) is 3. The Labute approximate surface area is 122 Å². The van der Waals surface area contributed by atoms with Gasteiger partial charge in [-0.25, -0.2) is 4.98 Å². The fourth-order valence-corrected chi connectivity index (χ4v) is 2.20. The van der Waals surface area contributed by atoms with Gasteiger partial charge in [0.2, 0.25) is 0 Å². The lowest BCUT2D eigenvalue weighted by Crippen LogP contribution is -2.18. The molecule has 0 saturated carbocycles. The molecule has 0 spiro atoms. The number of ether oxygens (including phenoxy) is 1. The average molecular weight is 321 g/mol. The van der Waals surface area contributed by atoms with Crippen molar-refractivity contribution in [3.63, 3.8) is 0 Å². The molecule has 0 atom stereocenters. The van der Waals surface area contributed by atoms with E-state index in [-0.39, 0.29) is 0 Å². The van der Waals surface area contributed by atoms with Crippen LogP contribution in [-0.4, -0.2) is 19.1 Å². The van der Waals surface area contributed by atoms with Crippen LogP contribution in [0.3, 0.4) is 0 Å². The first-order valence-electron chi connectivity index (χ1n) is 6.06. The van der Waals surface area contributed by atoms with E-state index >= 15 is 0 Å². The summed E-state index contributed by atoms with van der Waals surface area (Å²) in [5.74, 6) is 1.85. The number of nitrogens with zero attached hydrogens (tertiary/aromatic N) is 2. The molecule has 3 nitrogen and oxygen atoms in total. The van der Waals surface area contributed by atoms with Crippen molar-refractivity contribution in [3.05, 3.63) is 52.1 Å². The van der Waals surface area contributed by atoms with E-state index in [4.69, 9.17) is 4.74 Å². The van der Waals surface area contributed by atoms with E-state index in [0.717, 1.165) is 28.1 Å². The lowest BCUT2D eigenvalue weighted by atomic mass is 10.1. The maximum Gasteiger partial charge on any atom is 0.128 e. The van der Waals surface area contributed by atoms with E-state index in [1.165, 1.54) is 5.56 Å². The number of pyridine rings is 1. The van der Waals surface area contributed by atoms with Crippen molar-refractivity contribution >= 4 is 21.7 Å². The maximum atomic E-state index is 5.40. The second-order valence-electron chi connectivity index (χ2n) is 4.51. The van der Waals surface area contributed by atoms with Gasteiger partial charge in [-0.05, 0) is 41.1 Å². The van der Waals surface area contributed by atoms with Crippen LogP contribution >= 0.6 is 15.9 Å². The molecule has 4 heteroatoms. The zero-order valence-corrected chi connectivity index (χ0v) is 12.9. The molecule has 19 heavy (non-hydrogen) atoms. The SMILES string of the molecule is COc1ccc(C)cc1CN(C)c1ccc(Br)cn1. The molecule has 0 N–H and O–H groups in total. The van der Waals surface area contributed by atoms with Crippen LogP contribution < -0.4 is 9.64 Å². The van der Waals surface area contributed by atoms with Crippen molar-refractivity contribution in [2.24, 2.45) is 0 Å². The summed E-state index contributed by atoms with van der Waals surface area (Å²) in [4.78, 5) is 6.49. The minimum Gasteiger partial charge on any atom is -0.496 e. The van der Waals surface area contributed by atoms with Crippen LogP contribution in [0.25, 0.3) is 0 Å². The van der Waals surface area contributed by atoms with Gasteiger partial charge in [0.25, 0.3) is 0 Å². The zero-order valence-electron chi connectivity index (χ0n) is 11.4. The van der Waals surface area contributed by atoms with E-state index < -0.39 is 0 Å². The second kappa shape index (κ2) is 6.06. The van der Waals surface area contributed by atoms with Gasteiger partial charge in [0, 0.05) is 29.8 Å². The summed E-state index contributed by atoms with van der Waals surface area (Å²) in [5.41, 5.74) is 2.39. The molecule has 0 aliphatic carbocycles. The van der Waals surface area contributed by atoms with Crippen molar-refractivity contribution < 1.29 is 4.74 Å². The third-order valence-corrected chi connectivity index (χ3v) is 3.42. The van der Waals surface area contributed by atoms with Crippen LogP contribution in [0.2, 0.25) is 0 Å². The molecule has 0 fully saturated rings. The molecular formula is C15H17BrN2O. The minimum absolute atomic E-state index is 0.763. The van der Waals surface area contributed by atoms with Crippen molar-refractivity contribution in [1.82, 2.24) is 4.98 Å². The van der Waals surface area contributed by atoms with Gasteiger partial charge in [-0.3, -0.25) is 0 Å². The Balaban J connectivity index is 2.20. The zero-order chi connectivity index (χ0) is 13.8. The topological polar surface area (TPSA) is 25.4 Å². The molecule has 0 bridgehead atoms. The van der Waals surface area contributed by atoms with Crippen molar-refractivity contribution in [3.8, 4) is 5.75 Å². The first-order chi connectivity index (χ1) is 9.10.